The number of hydrogen-bond donors (Lipinski definition) is 1. The molecule has 0 spiro atoms. The largest absolute Gasteiger partial charge is 0.454 e. The van der Waals surface area contributed by atoms with Crippen LogP contribution in [0, 0.1) is 5.92 Å². The normalized spacial score (nSPS) is 22.1. The van der Waals surface area contributed by atoms with Crippen LogP contribution < -0.4 is 14.8 Å². The van der Waals surface area contributed by atoms with E-state index < -0.39 is 0 Å². The average molecular weight is 293 g/mol. The highest BCUT2D eigenvalue weighted by Gasteiger charge is 2.16. The summed E-state index contributed by atoms with van der Waals surface area (Å²) in [5.41, 5.74) is 1.33. The van der Waals surface area contributed by atoms with Crippen LogP contribution in [0.1, 0.15) is 25.3 Å². The highest BCUT2D eigenvalue weighted by molar-refractivity contribution is 7.99. The third kappa shape index (κ3) is 3.61. The van der Waals surface area contributed by atoms with Gasteiger partial charge in [0.25, 0.3) is 0 Å². The number of ether oxygens (including phenoxy) is 2. The van der Waals surface area contributed by atoms with Crippen LogP contribution in [-0.2, 0) is 6.42 Å². The van der Waals surface area contributed by atoms with Gasteiger partial charge in [0.1, 0.15) is 0 Å². The Balaban J connectivity index is 1.41. The molecule has 0 amide bonds. The van der Waals surface area contributed by atoms with Gasteiger partial charge in [-0.15, -0.1) is 0 Å². The smallest absolute Gasteiger partial charge is 0.231 e. The Kier molecular flexibility index (Phi) is 4.73. The molecule has 0 aliphatic carbocycles. The predicted molar refractivity (Wildman–Crippen MR) is 83.8 cm³/mol. The lowest BCUT2D eigenvalue weighted by molar-refractivity contribution is 0.174. The Morgan fingerprint density at radius 3 is 3.10 bits per heavy atom. The number of fused-ring (bicyclic) bond motifs is 1. The predicted octanol–water partition coefficient (Wildman–Crippen LogP) is 3.08. The van der Waals surface area contributed by atoms with Gasteiger partial charge in [-0.05, 0) is 67.9 Å². The number of hydrogen-bond acceptors (Lipinski definition) is 4. The summed E-state index contributed by atoms with van der Waals surface area (Å²) in [5, 5.41) is 3.68. The van der Waals surface area contributed by atoms with Crippen molar-refractivity contribution in [2.24, 2.45) is 5.92 Å². The van der Waals surface area contributed by atoms with E-state index in [-0.39, 0.29) is 0 Å². The maximum Gasteiger partial charge on any atom is 0.231 e. The molecular weight excluding hydrogens is 270 g/mol. The van der Waals surface area contributed by atoms with Crippen molar-refractivity contribution in [2.75, 3.05) is 24.8 Å². The van der Waals surface area contributed by atoms with Crippen LogP contribution in [0.2, 0.25) is 0 Å². The second-order valence-electron chi connectivity index (χ2n) is 5.77. The van der Waals surface area contributed by atoms with Gasteiger partial charge in [-0.3, -0.25) is 0 Å². The molecular formula is C16H23NO2S. The Morgan fingerprint density at radius 2 is 2.25 bits per heavy atom. The first-order chi connectivity index (χ1) is 9.81. The summed E-state index contributed by atoms with van der Waals surface area (Å²) < 4.78 is 10.8. The van der Waals surface area contributed by atoms with E-state index in [1.807, 2.05) is 6.07 Å². The maximum absolute atomic E-state index is 5.42. The highest BCUT2D eigenvalue weighted by atomic mass is 32.2. The molecule has 0 radical (unpaired) electrons. The lowest BCUT2D eigenvalue weighted by Crippen LogP contribution is -2.31. The minimum Gasteiger partial charge on any atom is -0.454 e. The van der Waals surface area contributed by atoms with Crippen LogP contribution >= 0.6 is 11.8 Å². The molecule has 0 bridgehead atoms. The van der Waals surface area contributed by atoms with Gasteiger partial charge < -0.3 is 14.8 Å². The minimum absolute atomic E-state index is 0.357. The van der Waals surface area contributed by atoms with E-state index in [0.717, 1.165) is 23.8 Å². The van der Waals surface area contributed by atoms with E-state index in [0.29, 0.717) is 12.8 Å². The van der Waals surface area contributed by atoms with Crippen molar-refractivity contribution < 1.29 is 9.47 Å². The molecule has 0 aromatic heterocycles. The zero-order chi connectivity index (χ0) is 13.8. The second kappa shape index (κ2) is 6.72. The molecule has 2 aliphatic heterocycles. The molecule has 1 N–H and O–H groups in total. The summed E-state index contributed by atoms with van der Waals surface area (Å²) in [6, 6.07) is 6.85. The molecule has 2 atom stereocenters. The summed E-state index contributed by atoms with van der Waals surface area (Å²) in [7, 11) is 0. The van der Waals surface area contributed by atoms with E-state index in [2.05, 4.69) is 36.1 Å². The van der Waals surface area contributed by atoms with E-state index >= 15 is 0 Å². The first kappa shape index (κ1) is 14.1. The van der Waals surface area contributed by atoms with Crippen LogP contribution in [0.25, 0.3) is 0 Å². The first-order valence-corrected chi connectivity index (χ1v) is 8.66. The van der Waals surface area contributed by atoms with Crippen molar-refractivity contribution in [3.8, 4) is 11.5 Å². The van der Waals surface area contributed by atoms with Crippen molar-refractivity contribution >= 4 is 11.8 Å². The highest BCUT2D eigenvalue weighted by Crippen LogP contribution is 2.32. The molecule has 1 aromatic rings. The first-order valence-electron chi connectivity index (χ1n) is 7.51. The summed E-state index contributed by atoms with van der Waals surface area (Å²) in [5.74, 6) is 5.33. The van der Waals surface area contributed by atoms with Crippen LogP contribution in [0.5, 0.6) is 11.5 Å². The number of aryl methyl sites for hydroxylation is 1. The van der Waals surface area contributed by atoms with Gasteiger partial charge in [-0.2, -0.15) is 11.8 Å². The quantitative estimate of drug-likeness (QED) is 0.873. The lowest BCUT2D eigenvalue weighted by Gasteiger charge is -2.16. The third-order valence-electron chi connectivity index (χ3n) is 4.08. The molecule has 1 saturated heterocycles. The Bertz CT molecular complexity index is 446. The molecule has 20 heavy (non-hydrogen) atoms. The molecule has 2 heterocycles. The fraction of sp³-hybridized carbons (Fsp3) is 0.625. The standard InChI is InChI=1S/C16H23NO2S/c1-12(17-9-14-6-7-20-10-14)2-3-13-4-5-15-16(8-13)19-11-18-15/h4-5,8,12,14,17H,2-3,6-7,9-11H2,1H3. The fourth-order valence-electron chi connectivity index (χ4n) is 2.69. The van der Waals surface area contributed by atoms with Crippen molar-refractivity contribution in [2.45, 2.75) is 32.2 Å². The average Bonchev–Trinajstić information content (AvgIpc) is 3.13. The molecule has 110 valence electrons. The van der Waals surface area contributed by atoms with Crippen LogP contribution in [0.4, 0.5) is 0 Å². The van der Waals surface area contributed by atoms with Crippen molar-refractivity contribution in [1.29, 1.82) is 0 Å². The number of nitrogens with one attached hydrogen (secondary N) is 1. The van der Waals surface area contributed by atoms with Gasteiger partial charge in [0.15, 0.2) is 11.5 Å². The number of thioether (sulfide) groups is 1. The molecule has 3 nitrogen and oxygen atoms in total. The summed E-state index contributed by atoms with van der Waals surface area (Å²) in [6.07, 6.45) is 3.64. The molecule has 2 unspecified atom stereocenters. The molecule has 1 fully saturated rings. The van der Waals surface area contributed by atoms with Gasteiger partial charge in [0.2, 0.25) is 6.79 Å². The van der Waals surface area contributed by atoms with E-state index in [9.17, 15) is 0 Å². The molecule has 3 rings (SSSR count). The Hall–Kier alpha value is -0.870. The SMILES string of the molecule is CC(CCc1ccc2c(c1)OCO2)NCC1CCSC1. The summed E-state index contributed by atoms with van der Waals surface area (Å²) in [6.45, 7) is 3.82. The summed E-state index contributed by atoms with van der Waals surface area (Å²) >= 11 is 2.09. The second-order valence-corrected chi connectivity index (χ2v) is 6.92. The molecule has 0 saturated carbocycles. The van der Waals surface area contributed by atoms with Gasteiger partial charge in [-0.1, -0.05) is 6.07 Å². The Morgan fingerprint density at radius 1 is 1.35 bits per heavy atom. The van der Waals surface area contributed by atoms with Crippen molar-refractivity contribution in [3.05, 3.63) is 23.8 Å². The van der Waals surface area contributed by atoms with Gasteiger partial charge in [0, 0.05) is 6.04 Å². The minimum atomic E-state index is 0.357. The van der Waals surface area contributed by atoms with Crippen LogP contribution in [-0.4, -0.2) is 30.9 Å². The van der Waals surface area contributed by atoms with Gasteiger partial charge in [-0.25, -0.2) is 0 Å². The fourth-order valence-corrected chi connectivity index (χ4v) is 3.98. The van der Waals surface area contributed by atoms with Crippen molar-refractivity contribution in [3.63, 3.8) is 0 Å². The lowest BCUT2D eigenvalue weighted by atomic mass is 10.0. The van der Waals surface area contributed by atoms with Gasteiger partial charge >= 0.3 is 0 Å². The van der Waals surface area contributed by atoms with E-state index in [4.69, 9.17) is 9.47 Å². The van der Waals surface area contributed by atoms with Crippen LogP contribution in [0.15, 0.2) is 18.2 Å². The van der Waals surface area contributed by atoms with E-state index in [1.54, 1.807) is 0 Å². The topological polar surface area (TPSA) is 30.5 Å². The molecule has 4 heteroatoms. The number of benzene rings is 1. The van der Waals surface area contributed by atoms with E-state index in [1.165, 1.54) is 36.5 Å². The van der Waals surface area contributed by atoms with Crippen molar-refractivity contribution in [1.82, 2.24) is 5.32 Å². The van der Waals surface area contributed by atoms with Crippen LogP contribution in [0.3, 0.4) is 0 Å². The third-order valence-corrected chi connectivity index (χ3v) is 5.31. The zero-order valence-electron chi connectivity index (χ0n) is 12.1. The van der Waals surface area contributed by atoms with Gasteiger partial charge in [0.05, 0.1) is 0 Å². The monoisotopic (exact) mass is 293 g/mol. The molecule has 1 aromatic carbocycles. The Labute approximate surface area is 125 Å². The summed E-state index contributed by atoms with van der Waals surface area (Å²) in [4.78, 5) is 0. The zero-order valence-corrected chi connectivity index (χ0v) is 12.9. The maximum atomic E-state index is 5.42. The molecule has 2 aliphatic rings. The number of rotatable bonds is 6.